The summed E-state index contributed by atoms with van der Waals surface area (Å²) in [7, 11) is 0. The molecular weight excluding hydrogens is 283 g/mol. The van der Waals surface area contributed by atoms with E-state index in [0.29, 0.717) is 13.1 Å². The first-order valence-electron chi connectivity index (χ1n) is 7.40. The highest BCUT2D eigenvalue weighted by molar-refractivity contribution is 4.91. The first kappa shape index (κ1) is 16.3. The number of alkyl halides is 3. The van der Waals surface area contributed by atoms with Crippen LogP contribution in [0.3, 0.4) is 0 Å². The smallest absolute Gasteiger partial charge is 0.380 e. The van der Waals surface area contributed by atoms with Crippen molar-refractivity contribution in [3.8, 4) is 0 Å². The number of aryl methyl sites for hydroxylation is 1. The second kappa shape index (κ2) is 6.79. The third-order valence-electron chi connectivity index (χ3n) is 4.13. The quantitative estimate of drug-likeness (QED) is 0.821. The van der Waals surface area contributed by atoms with E-state index in [4.69, 9.17) is 0 Å². The molecule has 0 amide bonds. The second-order valence-corrected chi connectivity index (χ2v) is 5.70. The summed E-state index contributed by atoms with van der Waals surface area (Å²) in [6.07, 6.45) is 1.72. The molecule has 2 rings (SSSR count). The van der Waals surface area contributed by atoms with Crippen LogP contribution in [-0.4, -0.2) is 51.2 Å². The summed E-state index contributed by atoms with van der Waals surface area (Å²) in [5.41, 5.74) is -2.48. The van der Waals surface area contributed by atoms with Crippen LogP contribution in [0.5, 0.6) is 0 Å². The van der Waals surface area contributed by atoms with Gasteiger partial charge in [-0.3, -0.25) is 4.68 Å². The molecule has 0 unspecified atom stereocenters. The molecule has 7 heteroatoms. The van der Waals surface area contributed by atoms with E-state index < -0.39 is 11.8 Å². The highest BCUT2D eigenvalue weighted by atomic mass is 19.4. The number of aromatic nitrogens is 2. The maximum atomic E-state index is 12.7. The van der Waals surface area contributed by atoms with E-state index in [0.717, 1.165) is 32.4 Å². The number of unbranched alkanes of at least 4 members (excludes halogenated alkanes) is 2. The molecule has 0 aliphatic carbocycles. The lowest BCUT2D eigenvalue weighted by atomic mass is 9.90. The van der Waals surface area contributed by atoms with Gasteiger partial charge in [0.15, 0.2) is 5.60 Å². The Labute approximate surface area is 122 Å². The Morgan fingerprint density at radius 3 is 2.33 bits per heavy atom. The van der Waals surface area contributed by atoms with Crippen molar-refractivity contribution in [2.24, 2.45) is 0 Å². The summed E-state index contributed by atoms with van der Waals surface area (Å²) in [5, 5.41) is 13.7. The molecule has 1 aliphatic rings. The van der Waals surface area contributed by atoms with Crippen molar-refractivity contribution in [3.05, 3.63) is 18.5 Å². The van der Waals surface area contributed by atoms with Gasteiger partial charge in [0.25, 0.3) is 0 Å². The minimum atomic E-state index is -4.51. The van der Waals surface area contributed by atoms with Crippen molar-refractivity contribution in [1.29, 1.82) is 0 Å². The maximum absolute atomic E-state index is 12.7. The summed E-state index contributed by atoms with van der Waals surface area (Å²) in [4.78, 5) is 2.01. The molecule has 0 bridgehead atoms. The average Bonchev–Trinajstić information content (AvgIpc) is 2.92. The Balaban J connectivity index is 1.59. The van der Waals surface area contributed by atoms with Crippen LogP contribution < -0.4 is 0 Å². The van der Waals surface area contributed by atoms with Crippen LogP contribution in [0.2, 0.25) is 0 Å². The number of piperidine rings is 1. The lowest BCUT2D eigenvalue weighted by Gasteiger charge is -2.39. The topological polar surface area (TPSA) is 41.3 Å². The fourth-order valence-electron chi connectivity index (χ4n) is 2.65. The Hall–Kier alpha value is -1.08. The monoisotopic (exact) mass is 305 g/mol. The molecule has 1 aromatic heterocycles. The number of hydrogen-bond donors (Lipinski definition) is 1. The molecule has 0 radical (unpaired) electrons. The van der Waals surface area contributed by atoms with Crippen LogP contribution in [0.4, 0.5) is 13.2 Å². The molecule has 1 saturated heterocycles. The van der Waals surface area contributed by atoms with E-state index in [1.54, 1.807) is 6.20 Å². The minimum Gasteiger partial charge on any atom is -0.380 e. The first-order valence-corrected chi connectivity index (χ1v) is 7.40. The predicted molar refractivity (Wildman–Crippen MR) is 72.8 cm³/mol. The molecule has 1 aromatic rings. The van der Waals surface area contributed by atoms with Crippen molar-refractivity contribution in [2.45, 2.75) is 50.4 Å². The van der Waals surface area contributed by atoms with Crippen molar-refractivity contribution < 1.29 is 18.3 Å². The molecule has 0 aromatic carbocycles. The molecule has 1 N–H and O–H groups in total. The van der Waals surface area contributed by atoms with Crippen LogP contribution >= 0.6 is 0 Å². The summed E-state index contributed by atoms with van der Waals surface area (Å²) in [6.45, 7) is 2.30. The van der Waals surface area contributed by atoms with E-state index in [2.05, 4.69) is 5.10 Å². The van der Waals surface area contributed by atoms with Gasteiger partial charge in [0.05, 0.1) is 0 Å². The summed E-state index contributed by atoms with van der Waals surface area (Å²) in [6, 6.07) is 1.88. The van der Waals surface area contributed by atoms with E-state index in [1.807, 2.05) is 21.8 Å². The summed E-state index contributed by atoms with van der Waals surface area (Å²) in [5.74, 6) is 0. The van der Waals surface area contributed by atoms with Gasteiger partial charge in [-0.1, -0.05) is 6.42 Å². The number of hydrogen-bond acceptors (Lipinski definition) is 3. The number of rotatable bonds is 6. The van der Waals surface area contributed by atoms with Gasteiger partial charge in [0.2, 0.25) is 0 Å². The van der Waals surface area contributed by atoms with E-state index >= 15 is 0 Å². The van der Waals surface area contributed by atoms with Crippen LogP contribution in [0.25, 0.3) is 0 Å². The number of aliphatic hydroxyl groups is 1. The Kier molecular flexibility index (Phi) is 5.27. The Bertz CT molecular complexity index is 412. The number of nitrogens with zero attached hydrogens (tertiary/aromatic N) is 3. The van der Waals surface area contributed by atoms with Crippen molar-refractivity contribution in [2.75, 3.05) is 19.6 Å². The highest BCUT2D eigenvalue weighted by Gasteiger charge is 2.54. The third kappa shape index (κ3) is 4.44. The molecule has 1 aliphatic heterocycles. The number of halogens is 3. The number of likely N-dealkylation sites (tertiary alicyclic amines) is 1. The van der Waals surface area contributed by atoms with Crippen LogP contribution in [-0.2, 0) is 6.54 Å². The normalized spacial score (nSPS) is 19.8. The van der Waals surface area contributed by atoms with Crippen molar-refractivity contribution >= 4 is 0 Å². The summed E-state index contributed by atoms with van der Waals surface area (Å²) < 4.78 is 39.9. The van der Waals surface area contributed by atoms with E-state index in [-0.39, 0.29) is 12.8 Å². The SMILES string of the molecule is OC1(C(F)(F)F)CCN(CCCCCn2cccn2)CC1. The van der Waals surface area contributed by atoms with Crippen molar-refractivity contribution in [3.63, 3.8) is 0 Å². The molecule has 2 heterocycles. The van der Waals surface area contributed by atoms with Gasteiger partial charge in [-0.2, -0.15) is 18.3 Å². The molecule has 4 nitrogen and oxygen atoms in total. The largest absolute Gasteiger partial charge is 0.417 e. The Morgan fingerprint density at radius 2 is 1.76 bits per heavy atom. The molecule has 0 atom stereocenters. The van der Waals surface area contributed by atoms with Gasteiger partial charge in [-0.05, 0) is 38.3 Å². The zero-order valence-corrected chi connectivity index (χ0v) is 12.0. The fraction of sp³-hybridized carbons (Fsp3) is 0.786. The van der Waals surface area contributed by atoms with Crippen LogP contribution in [0, 0.1) is 0 Å². The standard InChI is InChI=1S/C14H22F3N3O/c15-14(16,17)13(21)5-11-19(12-6-13)8-2-1-3-9-20-10-4-7-18-20/h4,7,10,21H,1-3,5-6,8-9,11-12H2. The fourth-order valence-corrected chi connectivity index (χ4v) is 2.65. The molecule has 0 saturated carbocycles. The molecule has 0 spiro atoms. The third-order valence-corrected chi connectivity index (χ3v) is 4.13. The van der Waals surface area contributed by atoms with Crippen LogP contribution in [0.15, 0.2) is 18.5 Å². The maximum Gasteiger partial charge on any atom is 0.417 e. The summed E-state index contributed by atoms with van der Waals surface area (Å²) >= 11 is 0. The molecule has 1 fully saturated rings. The molecule has 21 heavy (non-hydrogen) atoms. The molecule has 120 valence electrons. The molecular formula is C14H22F3N3O. The van der Waals surface area contributed by atoms with Crippen molar-refractivity contribution in [1.82, 2.24) is 14.7 Å². The zero-order valence-electron chi connectivity index (χ0n) is 12.0. The van der Waals surface area contributed by atoms with Gasteiger partial charge < -0.3 is 10.0 Å². The van der Waals surface area contributed by atoms with E-state index in [9.17, 15) is 18.3 Å². The van der Waals surface area contributed by atoms with Gasteiger partial charge in [-0.15, -0.1) is 0 Å². The lowest BCUT2D eigenvalue weighted by molar-refractivity contribution is -0.272. The minimum absolute atomic E-state index is 0.218. The van der Waals surface area contributed by atoms with Crippen LogP contribution in [0.1, 0.15) is 32.1 Å². The zero-order chi connectivity index (χ0) is 15.3. The highest BCUT2D eigenvalue weighted by Crippen LogP contribution is 2.38. The van der Waals surface area contributed by atoms with Gasteiger partial charge >= 0.3 is 6.18 Å². The van der Waals surface area contributed by atoms with Gasteiger partial charge in [0, 0.05) is 32.0 Å². The van der Waals surface area contributed by atoms with Gasteiger partial charge in [0.1, 0.15) is 0 Å². The lowest BCUT2D eigenvalue weighted by Crippen LogP contribution is -2.53. The first-order chi connectivity index (χ1) is 9.91. The average molecular weight is 305 g/mol. The van der Waals surface area contributed by atoms with E-state index in [1.165, 1.54) is 0 Å². The second-order valence-electron chi connectivity index (χ2n) is 5.70. The van der Waals surface area contributed by atoms with Gasteiger partial charge in [-0.25, -0.2) is 0 Å². The predicted octanol–water partition coefficient (Wildman–Crippen LogP) is 2.44. The Morgan fingerprint density at radius 1 is 1.10 bits per heavy atom.